The van der Waals surface area contributed by atoms with Crippen LogP contribution in [0.25, 0.3) is 0 Å². The molecule has 4 aliphatic carbocycles. The molecule has 0 spiro atoms. The number of rotatable bonds is 2. The van der Waals surface area contributed by atoms with Crippen molar-refractivity contribution in [1.29, 1.82) is 0 Å². The normalized spacial score (nSPS) is 53.1. The molecule has 0 aromatic rings. The fourth-order valence-corrected chi connectivity index (χ4v) is 8.67. The Labute approximate surface area is 171 Å². The zero-order valence-electron chi connectivity index (χ0n) is 18.5. The van der Waals surface area contributed by atoms with Crippen molar-refractivity contribution in [3.63, 3.8) is 0 Å². The number of carbonyl (C=O) groups excluding carboxylic acids is 1. The molecule has 156 valence electrons. The Hall–Kier alpha value is -0.850. The van der Waals surface area contributed by atoms with Gasteiger partial charge >= 0.3 is 0 Å². The molecule has 0 bridgehead atoms. The number of terminal acetylenes is 1. The molecule has 9 atom stereocenters. The van der Waals surface area contributed by atoms with Gasteiger partial charge in [-0.15, -0.1) is 6.42 Å². The van der Waals surface area contributed by atoms with Crippen molar-refractivity contribution >= 4 is 5.78 Å². The molecular weight excluding hydrogens is 346 g/mol. The summed E-state index contributed by atoms with van der Waals surface area (Å²) in [5, 5.41) is 10.8. The van der Waals surface area contributed by atoms with E-state index in [4.69, 9.17) is 6.42 Å². The van der Waals surface area contributed by atoms with E-state index in [2.05, 4.69) is 38.8 Å². The van der Waals surface area contributed by atoms with Gasteiger partial charge < -0.3 is 10.0 Å². The van der Waals surface area contributed by atoms with Crippen molar-refractivity contribution in [1.82, 2.24) is 4.90 Å². The summed E-state index contributed by atoms with van der Waals surface area (Å²) < 4.78 is 0. The third-order valence-electron chi connectivity index (χ3n) is 10.1. The molecule has 0 amide bonds. The molecule has 0 aromatic carbocycles. The highest BCUT2D eigenvalue weighted by molar-refractivity contribution is 5.79. The minimum absolute atomic E-state index is 0.152. The Morgan fingerprint density at radius 3 is 2.39 bits per heavy atom. The lowest BCUT2D eigenvalue weighted by atomic mass is 9.42. The van der Waals surface area contributed by atoms with Gasteiger partial charge in [0.1, 0.15) is 11.4 Å². The first-order valence-electron chi connectivity index (χ1n) is 11.4. The smallest absolute Gasteiger partial charge is 0.133 e. The number of ketones is 1. The van der Waals surface area contributed by atoms with Crippen LogP contribution in [0.15, 0.2) is 0 Å². The summed E-state index contributed by atoms with van der Waals surface area (Å²) >= 11 is 0. The first kappa shape index (κ1) is 20.4. The topological polar surface area (TPSA) is 40.5 Å². The van der Waals surface area contributed by atoms with Crippen LogP contribution in [-0.2, 0) is 4.79 Å². The van der Waals surface area contributed by atoms with E-state index in [-0.39, 0.29) is 16.7 Å². The van der Waals surface area contributed by atoms with E-state index >= 15 is 0 Å². The molecule has 0 heterocycles. The molecule has 3 heteroatoms. The van der Waals surface area contributed by atoms with Crippen LogP contribution in [0.4, 0.5) is 0 Å². The lowest BCUT2D eigenvalue weighted by Gasteiger charge is -2.64. The summed E-state index contributed by atoms with van der Waals surface area (Å²) in [6.07, 6.45) is 14.1. The zero-order chi connectivity index (χ0) is 20.5. The highest BCUT2D eigenvalue weighted by Gasteiger charge is 2.64. The largest absolute Gasteiger partial charge is 0.378 e. The Bertz CT molecular complexity index is 695. The van der Waals surface area contributed by atoms with Crippen molar-refractivity contribution in [2.75, 3.05) is 14.1 Å². The van der Waals surface area contributed by atoms with Crippen LogP contribution >= 0.6 is 0 Å². The molecule has 0 unspecified atom stereocenters. The number of nitrogens with zero attached hydrogens (tertiary/aromatic N) is 1. The van der Waals surface area contributed by atoms with Crippen LogP contribution in [-0.4, -0.2) is 41.5 Å². The molecule has 3 nitrogen and oxygen atoms in total. The van der Waals surface area contributed by atoms with Gasteiger partial charge in [-0.25, -0.2) is 0 Å². The van der Waals surface area contributed by atoms with E-state index in [1.807, 2.05) is 6.92 Å². The lowest BCUT2D eigenvalue weighted by molar-refractivity contribution is -0.166. The fourth-order valence-electron chi connectivity index (χ4n) is 8.67. The molecule has 4 saturated carbocycles. The van der Waals surface area contributed by atoms with Crippen molar-refractivity contribution in [2.45, 2.75) is 83.8 Å². The highest BCUT2D eigenvalue weighted by Crippen LogP contribution is 2.68. The van der Waals surface area contributed by atoms with Crippen LogP contribution in [0.3, 0.4) is 0 Å². The van der Waals surface area contributed by atoms with Gasteiger partial charge in [0.2, 0.25) is 0 Å². The average molecular weight is 386 g/mol. The molecule has 28 heavy (non-hydrogen) atoms. The minimum Gasteiger partial charge on any atom is -0.378 e. The second-order valence-corrected chi connectivity index (χ2v) is 11.4. The van der Waals surface area contributed by atoms with Gasteiger partial charge in [-0.3, -0.25) is 4.79 Å². The monoisotopic (exact) mass is 385 g/mol. The number of Topliss-reactive ketones (excluding diaryl/α,β-unsaturated/α-hetero) is 1. The summed E-state index contributed by atoms with van der Waals surface area (Å²) in [6, 6.07) is 0.510. The predicted octanol–water partition coefficient (Wildman–Crippen LogP) is 4.14. The summed E-state index contributed by atoms with van der Waals surface area (Å²) in [5.74, 6) is 5.88. The maximum atomic E-state index is 12.5. The number of aliphatic hydroxyl groups is 1. The van der Waals surface area contributed by atoms with E-state index in [1.54, 1.807) is 0 Å². The van der Waals surface area contributed by atoms with E-state index in [1.165, 1.54) is 19.3 Å². The van der Waals surface area contributed by atoms with E-state index in [0.29, 0.717) is 35.5 Å². The van der Waals surface area contributed by atoms with Crippen LogP contribution in [0.1, 0.15) is 72.1 Å². The second kappa shape index (κ2) is 6.58. The van der Waals surface area contributed by atoms with Crippen molar-refractivity contribution in [2.24, 2.45) is 40.4 Å². The molecule has 1 N–H and O–H groups in total. The highest BCUT2D eigenvalue weighted by atomic mass is 16.3. The zero-order valence-corrected chi connectivity index (χ0v) is 18.5. The first-order chi connectivity index (χ1) is 13.1. The van der Waals surface area contributed by atoms with E-state index in [0.717, 1.165) is 32.1 Å². The van der Waals surface area contributed by atoms with Crippen LogP contribution in [0.2, 0.25) is 0 Å². The third-order valence-corrected chi connectivity index (χ3v) is 10.1. The molecule has 0 radical (unpaired) electrons. The predicted molar refractivity (Wildman–Crippen MR) is 113 cm³/mol. The summed E-state index contributed by atoms with van der Waals surface area (Å²) in [6.45, 7) is 6.74. The van der Waals surface area contributed by atoms with E-state index in [9.17, 15) is 9.90 Å². The standard InChI is InChI=1S/C25H39NO2/c1-7-25(28)13-12-23(3)17(14-25)8-9-18-20-11-10-19(16(2)27)24(20,4)15-21(22(18)23)26(5)6/h1,17-22,28H,8-15H2,2-6H3/t17-,18-,19+,20-,21+,22+,23-,24+,25+/m0/s1. The van der Waals surface area contributed by atoms with Gasteiger partial charge in [-0.1, -0.05) is 19.8 Å². The Balaban J connectivity index is 1.72. The molecule has 4 aliphatic rings. The van der Waals surface area contributed by atoms with Crippen molar-refractivity contribution in [3.05, 3.63) is 0 Å². The van der Waals surface area contributed by atoms with Crippen molar-refractivity contribution in [3.8, 4) is 12.3 Å². The Morgan fingerprint density at radius 1 is 1.07 bits per heavy atom. The number of carbonyl (C=O) groups is 1. The molecule has 4 rings (SSSR count). The summed E-state index contributed by atoms with van der Waals surface area (Å²) in [7, 11) is 4.47. The van der Waals surface area contributed by atoms with Gasteiger partial charge in [-0.2, -0.15) is 0 Å². The second-order valence-electron chi connectivity index (χ2n) is 11.4. The molecule has 0 aliphatic heterocycles. The SMILES string of the molecule is C#C[C@@]1(O)CC[C@@]2(C)[C@@H](CC[C@@H]3[C@@H]2[C@H](N(C)C)C[C@]2(C)[C@@H](C(C)=O)CC[C@@H]32)C1. The lowest BCUT2D eigenvalue weighted by Crippen LogP contribution is -2.63. The fraction of sp³-hybridized carbons (Fsp3) is 0.880. The average Bonchev–Trinajstić information content (AvgIpc) is 2.99. The van der Waals surface area contributed by atoms with Gasteiger partial charge in [0.05, 0.1) is 0 Å². The maximum absolute atomic E-state index is 12.5. The van der Waals surface area contributed by atoms with Crippen molar-refractivity contribution < 1.29 is 9.90 Å². The van der Waals surface area contributed by atoms with Gasteiger partial charge in [-0.05, 0) is 107 Å². The summed E-state index contributed by atoms with van der Waals surface area (Å²) in [5.41, 5.74) is -0.503. The van der Waals surface area contributed by atoms with Crippen LogP contribution in [0, 0.1) is 52.8 Å². The van der Waals surface area contributed by atoms with E-state index < -0.39 is 5.60 Å². The first-order valence-corrected chi connectivity index (χ1v) is 11.4. The number of hydrogen-bond donors (Lipinski definition) is 1. The van der Waals surface area contributed by atoms with Gasteiger partial charge in [0.15, 0.2) is 0 Å². The quantitative estimate of drug-likeness (QED) is 0.726. The van der Waals surface area contributed by atoms with Crippen LogP contribution < -0.4 is 0 Å². The van der Waals surface area contributed by atoms with Gasteiger partial charge in [0, 0.05) is 12.0 Å². The summed E-state index contributed by atoms with van der Waals surface area (Å²) in [4.78, 5) is 14.9. The number of fused-ring (bicyclic) bond motifs is 5. The molecule has 0 aromatic heterocycles. The third kappa shape index (κ3) is 2.74. The maximum Gasteiger partial charge on any atom is 0.133 e. The Kier molecular flexibility index (Phi) is 4.80. The molecular formula is C25H39NO2. The van der Waals surface area contributed by atoms with Gasteiger partial charge in [0.25, 0.3) is 0 Å². The minimum atomic E-state index is -0.902. The molecule has 4 fully saturated rings. The van der Waals surface area contributed by atoms with Crippen LogP contribution in [0.5, 0.6) is 0 Å². The molecule has 0 saturated heterocycles. The Morgan fingerprint density at radius 2 is 1.79 bits per heavy atom. The number of hydrogen-bond acceptors (Lipinski definition) is 3.